The molecule has 1 amide bonds. The van der Waals surface area contributed by atoms with Gasteiger partial charge in [0.05, 0.1) is 6.42 Å². The van der Waals surface area contributed by atoms with Crippen molar-refractivity contribution in [3.63, 3.8) is 0 Å². The van der Waals surface area contributed by atoms with Crippen LogP contribution >= 0.6 is 11.6 Å². The van der Waals surface area contributed by atoms with E-state index in [1.165, 1.54) is 24.3 Å². The lowest BCUT2D eigenvalue weighted by Gasteiger charge is -2.10. The van der Waals surface area contributed by atoms with E-state index in [4.69, 9.17) is 11.6 Å². The molecular formula is C15H13ClFNO2. The number of benzene rings is 2. The largest absolute Gasteiger partial charge is 0.508 e. The van der Waals surface area contributed by atoms with Gasteiger partial charge in [0, 0.05) is 21.8 Å². The SMILES string of the molecule is Cc1c(O)cccc1NC(=O)Cc1c(F)cccc1Cl. The number of hydrogen-bond donors (Lipinski definition) is 2. The zero-order valence-electron chi connectivity index (χ0n) is 10.8. The Morgan fingerprint density at radius 2 is 2.00 bits per heavy atom. The van der Waals surface area contributed by atoms with Crippen LogP contribution in [0.15, 0.2) is 36.4 Å². The van der Waals surface area contributed by atoms with Gasteiger partial charge in [0.2, 0.25) is 5.91 Å². The summed E-state index contributed by atoms with van der Waals surface area (Å²) in [5.41, 5.74) is 1.20. The number of halogens is 2. The average molecular weight is 294 g/mol. The number of rotatable bonds is 3. The topological polar surface area (TPSA) is 49.3 Å². The van der Waals surface area contributed by atoms with Gasteiger partial charge in [-0.1, -0.05) is 23.7 Å². The van der Waals surface area contributed by atoms with Gasteiger partial charge in [-0.15, -0.1) is 0 Å². The zero-order chi connectivity index (χ0) is 14.7. The molecule has 20 heavy (non-hydrogen) atoms. The van der Waals surface area contributed by atoms with Crippen molar-refractivity contribution in [3.05, 3.63) is 58.4 Å². The molecule has 0 aliphatic carbocycles. The minimum Gasteiger partial charge on any atom is -0.508 e. The molecule has 104 valence electrons. The van der Waals surface area contributed by atoms with E-state index in [9.17, 15) is 14.3 Å². The lowest BCUT2D eigenvalue weighted by atomic mass is 10.1. The number of phenolic OH excluding ortho intramolecular Hbond substituents is 1. The minimum atomic E-state index is -0.514. The van der Waals surface area contributed by atoms with Gasteiger partial charge < -0.3 is 10.4 Å². The highest BCUT2D eigenvalue weighted by atomic mass is 35.5. The predicted octanol–water partition coefficient (Wildman–Crippen LogP) is 3.67. The molecule has 5 heteroatoms. The summed E-state index contributed by atoms with van der Waals surface area (Å²) in [5, 5.41) is 12.4. The van der Waals surface area contributed by atoms with Crippen molar-refractivity contribution in [2.45, 2.75) is 13.3 Å². The van der Waals surface area contributed by atoms with E-state index < -0.39 is 11.7 Å². The molecule has 0 aliphatic heterocycles. The van der Waals surface area contributed by atoms with E-state index in [0.717, 1.165) is 0 Å². The monoisotopic (exact) mass is 293 g/mol. The number of carbonyl (C=O) groups is 1. The number of phenols is 1. The van der Waals surface area contributed by atoms with E-state index in [2.05, 4.69) is 5.32 Å². The molecule has 2 aromatic carbocycles. The molecule has 0 fully saturated rings. The first-order valence-electron chi connectivity index (χ1n) is 6.00. The van der Waals surface area contributed by atoms with Crippen molar-refractivity contribution in [3.8, 4) is 5.75 Å². The van der Waals surface area contributed by atoms with Crippen LogP contribution in [0.5, 0.6) is 5.75 Å². The van der Waals surface area contributed by atoms with Gasteiger partial charge in [0.1, 0.15) is 11.6 Å². The van der Waals surface area contributed by atoms with Gasteiger partial charge in [0.25, 0.3) is 0 Å². The maximum atomic E-state index is 13.6. The van der Waals surface area contributed by atoms with E-state index in [1.807, 2.05) is 0 Å². The first kappa shape index (κ1) is 14.3. The van der Waals surface area contributed by atoms with Crippen LogP contribution in [-0.4, -0.2) is 11.0 Å². The number of nitrogens with one attached hydrogen (secondary N) is 1. The molecule has 0 heterocycles. The molecule has 0 aromatic heterocycles. The van der Waals surface area contributed by atoms with Gasteiger partial charge in [-0.05, 0) is 31.2 Å². The van der Waals surface area contributed by atoms with Crippen molar-refractivity contribution in [1.29, 1.82) is 0 Å². The quantitative estimate of drug-likeness (QED) is 0.907. The molecule has 0 radical (unpaired) electrons. The van der Waals surface area contributed by atoms with Crippen molar-refractivity contribution < 1.29 is 14.3 Å². The van der Waals surface area contributed by atoms with E-state index in [0.29, 0.717) is 11.3 Å². The second kappa shape index (κ2) is 5.92. The number of amides is 1. The third-order valence-electron chi connectivity index (χ3n) is 2.98. The summed E-state index contributed by atoms with van der Waals surface area (Å²) >= 11 is 5.87. The Balaban J connectivity index is 2.16. The predicted molar refractivity (Wildman–Crippen MR) is 76.6 cm³/mol. The van der Waals surface area contributed by atoms with Crippen LogP contribution in [-0.2, 0) is 11.2 Å². The smallest absolute Gasteiger partial charge is 0.228 e. The van der Waals surface area contributed by atoms with E-state index >= 15 is 0 Å². The van der Waals surface area contributed by atoms with Crippen molar-refractivity contribution >= 4 is 23.2 Å². The molecule has 2 rings (SSSR count). The first-order valence-corrected chi connectivity index (χ1v) is 6.38. The van der Waals surface area contributed by atoms with Gasteiger partial charge >= 0.3 is 0 Å². The Morgan fingerprint density at radius 1 is 1.30 bits per heavy atom. The molecule has 0 spiro atoms. The van der Waals surface area contributed by atoms with E-state index in [-0.39, 0.29) is 22.8 Å². The maximum absolute atomic E-state index is 13.6. The Bertz CT molecular complexity index is 638. The van der Waals surface area contributed by atoms with Crippen LogP contribution in [0.4, 0.5) is 10.1 Å². The standard InChI is InChI=1S/C15H13ClFNO2/c1-9-13(6-3-7-14(9)19)18-15(20)8-10-11(16)4-2-5-12(10)17/h2-7,19H,8H2,1H3,(H,18,20). The number of anilines is 1. The summed E-state index contributed by atoms with van der Waals surface area (Å²) in [5.74, 6) is -0.822. The van der Waals surface area contributed by atoms with Gasteiger partial charge in [-0.3, -0.25) is 4.79 Å². The summed E-state index contributed by atoms with van der Waals surface area (Å²) in [6.45, 7) is 1.68. The fourth-order valence-electron chi connectivity index (χ4n) is 1.82. The van der Waals surface area contributed by atoms with Crippen LogP contribution in [0.2, 0.25) is 5.02 Å². The van der Waals surface area contributed by atoms with Gasteiger partial charge in [0.15, 0.2) is 0 Å². The van der Waals surface area contributed by atoms with Crippen molar-refractivity contribution in [2.24, 2.45) is 0 Å². The second-order valence-electron chi connectivity index (χ2n) is 4.37. The number of aromatic hydroxyl groups is 1. The normalized spacial score (nSPS) is 10.3. The molecule has 3 nitrogen and oxygen atoms in total. The van der Waals surface area contributed by atoms with Crippen LogP contribution in [0.25, 0.3) is 0 Å². The lowest BCUT2D eigenvalue weighted by molar-refractivity contribution is -0.115. The summed E-state index contributed by atoms with van der Waals surface area (Å²) in [7, 11) is 0. The molecule has 0 bridgehead atoms. The molecule has 2 aromatic rings. The fraction of sp³-hybridized carbons (Fsp3) is 0.133. The maximum Gasteiger partial charge on any atom is 0.228 e. The molecule has 0 atom stereocenters. The summed E-state index contributed by atoms with van der Waals surface area (Å²) in [6.07, 6.45) is -0.166. The van der Waals surface area contributed by atoms with Crippen molar-refractivity contribution in [2.75, 3.05) is 5.32 Å². The Hall–Kier alpha value is -2.07. The third kappa shape index (κ3) is 3.08. The third-order valence-corrected chi connectivity index (χ3v) is 3.33. The highest BCUT2D eigenvalue weighted by molar-refractivity contribution is 6.31. The first-order chi connectivity index (χ1) is 9.49. The Kier molecular flexibility index (Phi) is 4.25. The molecule has 0 saturated carbocycles. The summed E-state index contributed by atoms with van der Waals surface area (Å²) < 4.78 is 13.6. The molecule has 0 unspecified atom stereocenters. The Morgan fingerprint density at radius 3 is 2.70 bits per heavy atom. The van der Waals surface area contributed by atoms with Gasteiger partial charge in [-0.2, -0.15) is 0 Å². The number of carbonyl (C=O) groups excluding carboxylic acids is 1. The van der Waals surface area contributed by atoms with Crippen LogP contribution in [0, 0.1) is 12.7 Å². The highest BCUT2D eigenvalue weighted by Crippen LogP contribution is 2.25. The van der Waals surface area contributed by atoms with Crippen molar-refractivity contribution in [1.82, 2.24) is 0 Å². The van der Waals surface area contributed by atoms with Crippen LogP contribution in [0.3, 0.4) is 0 Å². The molecular weight excluding hydrogens is 281 g/mol. The highest BCUT2D eigenvalue weighted by Gasteiger charge is 2.13. The summed E-state index contributed by atoms with van der Waals surface area (Å²) in [6, 6.07) is 9.09. The average Bonchev–Trinajstić information content (AvgIpc) is 2.39. The van der Waals surface area contributed by atoms with Gasteiger partial charge in [-0.25, -0.2) is 4.39 Å². The fourth-order valence-corrected chi connectivity index (χ4v) is 2.04. The molecule has 0 saturated heterocycles. The minimum absolute atomic E-state index is 0.0896. The Labute approximate surface area is 121 Å². The zero-order valence-corrected chi connectivity index (χ0v) is 11.5. The lowest BCUT2D eigenvalue weighted by Crippen LogP contribution is -2.16. The second-order valence-corrected chi connectivity index (χ2v) is 4.78. The number of hydrogen-bond acceptors (Lipinski definition) is 2. The molecule has 0 aliphatic rings. The molecule has 2 N–H and O–H groups in total. The summed E-state index contributed by atoms with van der Waals surface area (Å²) in [4.78, 5) is 11.9. The van der Waals surface area contributed by atoms with Crippen LogP contribution < -0.4 is 5.32 Å². The van der Waals surface area contributed by atoms with Crippen LogP contribution in [0.1, 0.15) is 11.1 Å². The van der Waals surface area contributed by atoms with E-state index in [1.54, 1.807) is 19.1 Å².